The van der Waals surface area contributed by atoms with Crippen molar-refractivity contribution in [2.24, 2.45) is 11.8 Å². The highest BCUT2D eigenvalue weighted by molar-refractivity contribution is 5.31. The minimum absolute atomic E-state index is 0.287. The van der Waals surface area contributed by atoms with Crippen molar-refractivity contribution in [1.82, 2.24) is 5.32 Å². The fourth-order valence-corrected chi connectivity index (χ4v) is 4.22. The molecule has 0 spiro atoms. The maximum absolute atomic E-state index is 6.13. The van der Waals surface area contributed by atoms with E-state index in [0.717, 1.165) is 37.8 Å². The molecule has 21 heavy (non-hydrogen) atoms. The van der Waals surface area contributed by atoms with Gasteiger partial charge in [-0.1, -0.05) is 44.5 Å². The van der Waals surface area contributed by atoms with Crippen molar-refractivity contribution in [3.05, 3.63) is 35.4 Å². The number of hydrogen-bond acceptors (Lipinski definition) is 2. The quantitative estimate of drug-likeness (QED) is 0.880. The van der Waals surface area contributed by atoms with Crippen LogP contribution in [0.2, 0.25) is 0 Å². The first-order chi connectivity index (χ1) is 10.3. The molecule has 0 saturated heterocycles. The van der Waals surface area contributed by atoms with Crippen molar-refractivity contribution in [2.75, 3.05) is 13.2 Å². The van der Waals surface area contributed by atoms with E-state index in [9.17, 15) is 0 Å². The number of nitrogens with one attached hydrogen (secondary N) is 1. The monoisotopic (exact) mass is 287 g/mol. The van der Waals surface area contributed by atoms with E-state index < -0.39 is 0 Å². The van der Waals surface area contributed by atoms with Crippen LogP contribution in [-0.2, 0) is 11.2 Å². The first-order valence-electron chi connectivity index (χ1n) is 8.70. The van der Waals surface area contributed by atoms with Gasteiger partial charge < -0.3 is 10.1 Å². The Morgan fingerprint density at radius 1 is 1.29 bits per heavy atom. The van der Waals surface area contributed by atoms with Crippen LogP contribution in [0, 0.1) is 11.8 Å². The van der Waals surface area contributed by atoms with Gasteiger partial charge in [0.2, 0.25) is 0 Å². The lowest BCUT2D eigenvalue weighted by atomic mass is 9.87. The highest BCUT2D eigenvalue weighted by Gasteiger charge is 2.32. The second-order valence-corrected chi connectivity index (χ2v) is 6.89. The van der Waals surface area contributed by atoms with Gasteiger partial charge >= 0.3 is 0 Å². The van der Waals surface area contributed by atoms with Gasteiger partial charge in [0, 0.05) is 6.04 Å². The summed E-state index contributed by atoms with van der Waals surface area (Å²) in [6.07, 6.45) is 6.64. The van der Waals surface area contributed by atoms with Crippen LogP contribution in [0.15, 0.2) is 24.3 Å². The molecular weight excluding hydrogens is 258 g/mol. The van der Waals surface area contributed by atoms with Crippen LogP contribution in [0.4, 0.5) is 0 Å². The molecule has 2 heteroatoms. The van der Waals surface area contributed by atoms with Gasteiger partial charge in [-0.3, -0.25) is 0 Å². The largest absolute Gasteiger partial charge is 0.373 e. The predicted molar refractivity (Wildman–Crippen MR) is 87.4 cm³/mol. The summed E-state index contributed by atoms with van der Waals surface area (Å²) in [6.45, 7) is 6.56. The lowest BCUT2D eigenvalue weighted by molar-refractivity contribution is 0.0246. The molecule has 0 aromatic heterocycles. The topological polar surface area (TPSA) is 21.3 Å². The summed E-state index contributed by atoms with van der Waals surface area (Å²) in [5.41, 5.74) is 2.92. The molecule has 1 aliphatic carbocycles. The van der Waals surface area contributed by atoms with Crippen LogP contribution in [0.5, 0.6) is 0 Å². The predicted octanol–water partition coefficient (Wildman–Crippen LogP) is 4.10. The van der Waals surface area contributed by atoms with E-state index in [4.69, 9.17) is 4.74 Å². The van der Waals surface area contributed by atoms with E-state index in [-0.39, 0.29) is 6.10 Å². The van der Waals surface area contributed by atoms with Crippen molar-refractivity contribution in [2.45, 2.75) is 58.1 Å². The Morgan fingerprint density at radius 2 is 2.14 bits per heavy atom. The summed E-state index contributed by atoms with van der Waals surface area (Å²) in [6, 6.07) is 9.45. The van der Waals surface area contributed by atoms with Crippen LogP contribution in [0.3, 0.4) is 0 Å². The Kier molecular flexibility index (Phi) is 4.97. The van der Waals surface area contributed by atoms with Crippen molar-refractivity contribution >= 4 is 0 Å². The average molecular weight is 287 g/mol. The Labute approximate surface area is 129 Å². The second kappa shape index (κ2) is 6.93. The molecular formula is C19H29NO. The molecule has 1 saturated carbocycles. The SMILES string of the molecule is CCNC(CC1OCCc2ccccc21)C1CCC(C)C1. The number of hydrogen-bond donors (Lipinski definition) is 1. The Balaban J connectivity index is 1.71. The number of fused-ring (bicyclic) bond motifs is 1. The number of benzene rings is 1. The summed E-state index contributed by atoms with van der Waals surface area (Å²) in [5, 5.41) is 3.74. The number of rotatable bonds is 5. The molecule has 116 valence electrons. The maximum atomic E-state index is 6.13. The minimum Gasteiger partial charge on any atom is -0.373 e. The second-order valence-electron chi connectivity index (χ2n) is 6.89. The first-order valence-corrected chi connectivity index (χ1v) is 8.70. The van der Waals surface area contributed by atoms with Gasteiger partial charge in [-0.15, -0.1) is 0 Å². The summed E-state index contributed by atoms with van der Waals surface area (Å²) >= 11 is 0. The smallest absolute Gasteiger partial charge is 0.0842 e. The van der Waals surface area contributed by atoms with Gasteiger partial charge in [-0.2, -0.15) is 0 Å². The fourth-order valence-electron chi connectivity index (χ4n) is 4.22. The molecule has 4 atom stereocenters. The van der Waals surface area contributed by atoms with Crippen LogP contribution >= 0.6 is 0 Å². The van der Waals surface area contributed by atoms with Crippen LogP contribution in [0.25, 0.3) is 0 Å². The molecule has 2 aliphatic rings. The standard InChI is InChI=1S/C19H29NO/c1-3-20-18(16-9-8-14(2)12-16)13-19-17-7-5-4-6-15(17)10-11-21-19/h4-7,14,16,18-20H,3,8-13H2,1-2H3. The molecule has 0 radical (unpaired) electrons. The third kappa shape index (κ3) is 3.49. The molecule has 1 N–H and O–H groups in total. The summed E-state index contributed by atoms with van der Waals surface area (Å²) < 4.78 is 6.13. The van der Waals surface area contributed by atoms with Gasteiger partial charge in [-0.25, -0.2) is 0 Å². The van der Waals surface area contributed by atoms with Crippen molar-refractivity contribution in [3.8, 4) is 0 Å². The average Bonchev–Trinajstić information content (AvgIpc) is 2.94. The van der Waals surface area contributed by atoms with E-state index in [1.54, 1.807) is 0 Å². The van der Waals surface area contributed by atoms with Gasteiger partial charge in [0.1, 0.15) is 0 Å². The van der Waals surface area contributed by atoms with Crippen LogP contribution in [0.1, 0.15) is 56.8 Å². The van der Waals surface area contributed by atoms with Gasteiger partial charge in [0.15, 0.2) is 0 Å². The molecule has 0 amide bonds. The minimum atomic E-state index is 0.287. The third-order valence-corrected chi connectivity index (χ3v) is 5.33. The summed E-state index contributed by atoms with van der Waals surface area (Å²) in [5.74, 6) is 1.73. The molecule has 1 aliphatic heterocycles. The van der Waals surface area contributed by atoms with Gasteiger partial charge in [0.05, 0.1) is 12.7 Å². The van der Waals surface area contributed by atoms with E-state index in [1.165, 1.54) is 30.4 Å². The summed E-state index contributed by atoms with van der Waals surface area (Å²) in [4.78, 5) is 0. The lowest BCUT2D eigenvalue weighted by Crippen LogP contribution is -2.37. The normalized spacial score (nSPS) is 30.1. The number of ether oxygens (including phenoxy) is 1. The molecule has 1 aromatic rings. The van der Waals surface area contributed by atoms with Crippen molar-refractivity contribution in [3.63, 3.8) is 0 Å². The molecule has 3 rings (SSSR count). The lowest BCUT2D eigenvalue weighted by Gasteiger charge is -2.32. The van der Waals surface area contributed by atoms with E-state index in [1.807, 2.05) is 0 Å². The molecule has 1 fully saturated rings. The highest BCUT2D eigenvalue weighted by atomic mass is 16.5. The molecule has 1 heterocycles. The van der Waals surface area contributed by atoms with Gasteiger partial charge in [-0.05, 0) is 55.2 Å². The molecule has 0 bridgehead atoms. The maximum Gasteiger partial charge on any atom is 0.0842 e. The molecule has 4 unspecified atom stereocenters. The Hall–Kier alpha value is -0.860. The van der Waals surface area contributed by atoms with Crippen LogP contribution < -0.4 is 5.32 Å². The van der Waals surface area contributed by atoms with E-state index in [2.05, 4.69) is 43.4 Å². The highest BCUT2D eigenvalue weighted by Crippen LogP contribution is 2.38. The Morgan fingerprint density at radius 3 is 2.90 bits per heavy atom. The summed E-state index contributed by atoms with van der Waals surface area (Å²) in [7, 11) is 0. The van der Waals surface area contributed by atoms with Gasteiger partial charge in [0.25, 0.3) is 0 Å². The first kappa shape index (κ1) is 15.1. The van der Waals surface area contributed by atoms with Crippen molar-refractivity contribution < 1.29 is 4.74 Å². The fraction of sp³-hybridized carbons (Fsp3) is 0.684. The molecule has 1 aromatic carbocycles. The zero-order chi connectivity index (χ0) is 14.7. The van der Waals surface area contributed by atoms with Crippen LogP contribution in [-0.4, -0.2) is 19.2 Å². The third-order valence-electron chi connectivity index (χ3n) is 5.33. The molecule has 2 nitrogen and oxygen atoms in total. The van der Waals surface area contributed by atoms with Crippen molar-refractivity contribution in [1.29, 1.82) is 0 Å². The van der Waals surface area contributed by atoms with E-state index in [0.29, 0.717) is 6.04 Å². The van der Waals surface area contributed by atoms with E-state index >= 15 is 0 Å². The Bertz CT molecular complexity index is 459. The zero-order valence-corrected chi connectivity index (χ0v) is 13.5. The zero-order valence-electron chi connectivity index (χ0n) is 13.5.